The van der Waals surface area contributed by atoms with Crippen LogP contribution in [0.5, 0.6) is 0 Å². The van der Waals surface area contributed by atoms with Crippen LogP contribution < -0.4 is 9.21 Å². The van der Waals surface area contributed by atoms with E-state index in [0.29, 0.717) is 12.1 Å². The molecular weight excluding hydrogens is 422 g/mol. The van der Waals surface area contributed by atoms with Crippen LogP contribution in [0.25, 0.3) is 10.8 Å². The topological polar surface area (TPSA) is 64.1 Å². The van der Waals surface area contributed by atoms with Gasteiger partial charge >= 0.3 is 0 Å². The van der Waals surface area contributed by atoms with Crippen LogP contribution in [0.1, 0.15) is 25.0 Å². The highest BCUT2D eigenvalue weighted by Gasteiger charge is 2.39. The molecule has 6 nitrogen and oxygen atoms in total. The molecule has 3 aromatic carbocycles. The van der Waals surface area contributed by atoms with E-state index in [-0.39, 0.29) is 10.9 Å². The van der Waals surface area contributed by atoms with Gasteiger partial charge in [0, 0.05) is 43.5 Å². The van der Waals surface area contributed by atoms with Crippen molar-refractivity contribution in [2.24, 2.45) is 0 Å². The standard InChI is InChI=1S/C25H29N3O3S/c1-18-16-24(29)25-22(27-14-12-26(2)13-15-27)8-5-9-23(25)28(18)32(30,31)21-11-10-19-6-3-4-7-20(19)17-21/h3-11,17-18,24,29H,12-16H2,1-2H3. The number of aliphatic hydroxyl groups excluding tert-OH is 1. The summed E-state index contributed by atoms with van der Waals surface area (Å²) in [5.41, 5.74) is 2.24. The monoisotopic (exact) mass is 451 g/mol. The third kappa shape index (κ3) is 3.54. The maximum absolute atomic E-state index is 13.9. The lowest BCUT2D eigenvalue weighted by atomic mass is 9.93. The third-order valence-corrected chi connectivity index (χ3v) is 8.64. The van der Waals surface area contributed by atoms with Crippen LogP contribution in [-0.4, -0.2) is 57.7 Å². The Morgan fingerprint density at radius 2 is 1.56 bits per heavy atom. The maximum atomic E-state index is 13.9. The van der Waals surface area contributed by atoms with Crippen molar-refractivity contribution in [2.75, 3.05) is 42.4 Å². The first-order chi connectivity index (χ1) is 15.4. The van der Waals surface area contributed by atoms with E-state index in [1.807, 2.05) is 55.5 Å². The largest absolute Gasteiger partial charge is 0.388 e. The number of aliphatic hydroxyl groups is 1. The zero-order valence-electron chi connectivity index (χ0n) is 18.5. The van der Waals surface area contributed by atoms with Gasteiger partial charge in [-0.1, -0.05) is 36.4 Å². The summed E-state index contributed by atoms with van der Waals surface area (Å²) in [6.07, 6.45) is -0.330. The summed E-state index contributed by atoms with van der Waals surface area (Å²) in [4.78, 5) is 4.81. The molecule has 0 bridgehead atoms. The number of anilines is 2. The molecule has 0 aromatic heterocycles. The van der Waals surface area contributed by atoms with E-state index in [1.165, 1.54) is 4.31 Å². The smallest absolute Gasteiger partial charge is 0.264 e. The molecule has 5 rings (SSSR count). The van der Waals surface area contributed by atoms with Gasteiger partial charge in [0.25, 0.3) is 10.0 Å². The summed E-state index contributed by atoms with van der Waals surface area (Å²) in [5, 5.41) is 12.9. The number of hydrogen-bond donors (Lipinski definition) is 1. The van der Waals surface area contributed by atoms with E-state index < -0.39 is 16.1 Å². The van der Waals surface area contributed by atoms with Gasteiger partial charge in [-0.3, -0.25) is 4.31 Å². The Balaban J connectivity index is 1.61. The number of likely N-dealkylation sites (N-methyl/N-ethyl adjacent to an activating group) is 1. The first kappa shape index (κ1) is 21.2. The fraction of sp³-hybridized carbons (Fsp3) is 0.360. The molecule has 1 fully saturated rings. The first-order valence-corrected chi connectivity index (χ1v) is 12.6. The summed E-state index contributed by atoms with van der Waals surface area (Å²) < 4.78 is 29.2. The number of sulfonamides is 1. The average molecular weight is 452 g/mol. The summed E-state index contributed by atoms with van der Waals surface area (Å²) in [7, 11) is -1.70. The highest BCUT2D eigenvalue weighted by Crippen LogP contribution is 2.45. The number of rotatable bonds is 3. The number of nitrogens with zero attached hydrogens (tertiary/aromatic N) is 3. The van der Waals surface area contributed by atoms with Crippen molar-refractivity contribution in [2.45, 2.75) is 30.4 Å². The normalized spacial score (nSPS) is 22.2. The summed E-state index contributed by atoms with van der Waals surface area (Å²) >= 11 is 0. The molecule has 7 heteroatoms. The van der Waals surface area contributed by atoms with Crippen molar-refractivity contribution in [1.29, 1.82) is 0 Å². The second kappa shape index (κ2) is 8.06. The molecule has 2 aliphatic heterocycles. The van der Waals surface area contributed by atoms with Crippen molar-refractivity contribution in [3.8, 4) is 0 Å². The minimum atomic E-state index is -3.80. The first-order valence-electron chi connectivity index (χ1n) is 11.1. The molecule has 0 radical (unpaired) electrons. The van der Waals surface area contributed by atoms with Crippen molar-refractivity contribution < 1.29 is 13.5 Å². The Morgan fingerprint density at radius 1 is 0.875 bits per heavy atom. The Hall–Kier alpha value is -2.61. The molecule has 2 atom stereocenters. The van der Waals surface area contributed by atoms with Crippen LogP contribution >= 0.6 is 0 Å². The third-order valence-electron chi connectivity index (χ3n) is 6.72. The van der Waals surface area contributed by atoms with E-state index in [4.69, 9.17) is 0 Å². The molecule has 0 amide bonds. The molecule has 1 N–H and O–H groups in total. The quantitative estimate of drug-likeness (QED) is 0.659. The lowest BCUT2D eigenvalue weighted by Gasteiger charge is -2.42. The Labute approximate surface area is 189 Å². The molecule has 2 aliphatic rings. The zero-order valence-corrected chi connectivity index (χ0v) is 19.3. The van der Waals surface area contributed by atoms with Gasteiger partial charge in [0.2, 0.25) is 0 Å². The lowest BCUT2D eigenvalue weighted by Crippen LogP contribution is -2.46. The Bertz CT molecular complexity index is 1250. The second-order valence-electron chi connectivity index (χ2n) is 8.91. The minimum absolute atomic E-state index is 0.274. The highest BCUT2D eigenvalue weighted by atomic mass is 32.2. The van der Waals surface area contributed by atoms with Gasteiger partial charge in [-0.15, -0.1) is 0 Å². The van der Waals surface area contributed by atoms with Gasteiger partial charge in [0.05, 0.1) is 16.7 Å². The van der Waals surface area contributed by atoms with Crippen LogP contribution in [0.15, 0.2) is 65.6 Å². The molecule has 168 valence electrons. The fourth-order valence-corrected chi connectivity index (χ4v) is 6.70. The molecule has 0 spiro atoms. The van der Waals surface area contributed by atoms with Crippen LogP contribution in [0.2, 0.25) is 0 Å². The minimum Gasteiger partial charge on any atom is -0.388 e. The molecule has 0 saturated carbocycles. The number of piperazine rings is 1. The van der Waals surface area contributed by atoms with Gasteiger partial charge in [-0.25, -0.2) is 8.42 Å². The van der Waals surface area contributed by atoms with E-state index in [9.17, 15) is 13.5 Å². The fourth-order valence-electron chi connectivity index (χ4n) is 4.98. The molecule has 2 heterocycles. The van der Waals surface area contributed by atoms with E-state index in [0.717, 1.165) is 48.2 Å². The van der Waals surface area contributed by atoms with Gasteiger partial charge in [-0.2, -0.15) is 0 Å². The average Bonchev–Trinajstić information content (AvgIpc) is 2.78. The van der Waals surface area contributed by atoms with Gasteiger partial charge < -0.3 is 14.9 Å². The van der Waals surface area contributed by atoms with Crippen molar-refractivity contribution in [3.63, 3.8) is 0 Å². The van der Waals surface area contributed by atoms with E-state index >= 15 is 0 Å². The zero-order chi connectivity index (χ0) is 22.5. The van der Waals surface area contributed by atoms with Crippen LogP contribution in [0, 0.1) is 0 Å². The number of benzene rings is 3. The molecule has 32 heavy (non-hydrogen) atoms. The van der Waals surface area contributed by atoms with Gasteiger partial charge in [-0.05, 0) is 55.4 Å². The lowest BCUT2D eigenvalue weighted by molar-refractivity contribution is 0.155. The van der Waals surface area contributed by atoms with E-state index in [2.05, 4.69) is 16.8 Å². The SMILES string of the molecule is CC1CC(O)c2c(N3CCN(C)CC3)cccc2N1S(=O)(=O)c1ccc2ccccc2c1. The Morgan fingerprint density at radius 3 is 2.31 bits per heavy atom. The van der Waals surface area contributed by atoms with Gasteiger partial charge in [0.15, 0.2) is 0 Å². The Kier molecular flexibility index (Phi) is 5.35. The van der Waals surface area contributed by atoms with Crippen LogP contribution in [0.3, 0.4) is 0 Å². The highest BCUT2D eigenvalue weighted by molar-refractivity contribution is 7.92. The van der Waals surface area contributed by atoms with Crippen LogP contribution in [-0.2, 0) is 10.0 Å². The second-order valence-corrected chi connectivity index (χ2v) is 10.7. The molecule has 1 saturated heterocycles. The van der Waals surface area contributed by atoms with Crippen molar-refractivity contribution in [3.05, 3.63) is 66.2 Å². The van der Waals surface area contributed by atoms with Crippen molar-refractivity contribution in [1.82, 2.24) is 4.90 Å². The number of fused-ring (bicyclic) bond motifs is 2. The maximum Gasteiger partial charge on any atom is 0.264 e. The van der Waals surface area contributed by atoms with Crippen molar-refractivity contribution >= 4 is 32.2 Å². The summed E-state index contributed by atoms with van der Waals surface area (Å²) in [5.74, 6) is 0. The predicted molar refractivity (Wildman–Crippen MR) is 129 cm³/mol. The molecular formula is C25H29N3O3S. The van der Waals surface area contributed by atoms with Gasteiger partial charge in [0.1, 0.15) is 0 Å². The molecule has 2 unspecified atom stereocenters. The summed E-state index contributed by atoms with van der Waals surface area (Å²) in [6.45, 7) is 5.46. The van der Waals surface area contributed by atoms with Crippen LogP contribution in [0.4, 0.5) is 11.4 Å². The van der Waals surface area contributed by atoms with E-state index in [1.54, 1.807) is 12.1 Å². The summed E-state index contributed by atoms with van der Waals surface area (Å²) in [6, 6.07) is 18.4. The number of hydrogen-bond acceptors (Lipinski definition) is 5. The molecule has 3 aromatic rings. The molecule has 0 aliphatic carbocycles. The predicted octanol–water partition coefficient (Wildman–Crippen LogP) is 3.61.